The fourth-order valence-corrected chi connectivity index (χ4v) is 1.87. The Morgan fingerprint density at radius 3 is 2.95 bits per heavy atom. The van der Waals surface area contributed by atoms with Crippen molar-refractivity contribution in [1.29, 1.82) is 0 Å². The highest BCUT2D eigenvalue weighted by atomic mass is 35.5. The van der Waals surface area contributed by atoms with Crippen molar-refractivity contribution in [2.45, 2.75) is 6.54 Å². The Balaban J connectivity index is 2.14. The van der Waals surface area contributed by atoms with Crippen molar-refractivity contribution in [1.82, 2.24) is 15.1 Å². The predicted molar refractivity (Wildman–Crippen MR) is 78.0 cm³/mol. The molecule has 1 aromatic carbocycles. The van der Waals surface area contributed by atoms with Gasteiger partial charge in [0.15, 0.2) is 10.9 Å². The average Bonchev–Trinajstić information content (AvgIpc) is 2.81. The maximum Gasteiger partial charge on any atom is 0.171 e. The molecule has 0 aliphatic heterocycles. The number of nitrogens with one attached hydrogen (secondary N) is 2. The maximum atomic E-state index is 13.6. The summed E-state index contributed by atoms with van der Waals surface area (Å²) in [5.74, 6) is 0.245. The molecule has 0 aliphatic carbocycles. The molecule has 0 radical (unpaired) electrons. The van der Waals surface area contributed by atoms with Crippen LogP contribution in [0.1, 0.15) is 5.56 Å². The summed E-state index contributed by atoms with van der Waals surface area (Å²) in [6, 6.07) is 6.35. The summed E-state index contributed by atoms with van der Waals surface area (Å²) in [5, 5.41) is 10.7. The molecular formula is C12H12ClFN4S. The molecular weight excluding hydrogens is 287 g/mol. The van der Waals surface area contributed by atoms with Crippen molar-refractivity contribution in [3.8, 4) is 0 Å². The van der Waals surface area contributed by atoms with E-state index in [9.17, 15) is 4.39 Å². The minimum Gasteiger partial charge on any atom is -0.365 e. The fourth-order valence-electron chi connectivity index (χ4n) is 1.54. The summed E-state index contributed by atoms with van der Waals surface area (Å²) in [6.07, 6.45) is 1.73. The molecule has 0 atom stereocenters. The predicted octanol–water partition coefficient (Wildman–Crippen LogP) is 2.64. The van der Waals surface area contributed by atoms with E-state index >= 15 is 0 Å². The summed E-state index contributed by atoms with van der Waals surface area (Å²) in [5.41, 5.74) is 0.412. The Morgan fingerprint density at radius 1 is 1.47 bits per heavy atom. The molecule has 7 heteroatoms. The normalized spacial score (nSPS) is 10.3. The van der Waals surface area contributed by atoms with Gasteiger partial charge in [-0.1, -0.05) is 17.7 Å². The molecule has 19 heavy (non-hydrogen) atoms. The van der Waals surface area contributed by atoms with Crippen LogP contribution in [0.15, 0.2) is 30.5 Å². The smallest absolute Gasteiger partial charge is 0.171 e. The Morgan fingerprint density at radius 2 is 2.26 bits per heavy atom. The monoisotopic (exact) mass is 298 g/mol. The fraction of sp³-hybridized carbons (Fsp3) is 0.167. The summed E-state index contributed by atoms with van der Waals surface area (Å²) in [4.78, 5) is 0. The van der Waals surface area contributed by atoms with Gasteiger partial charge < -0.3 is 10.6 Å². The second kappa shape index (κ2) is 5.99. The third-order valence-electron chi connectivity index (χ3n) is 2.49. The van der Waals surface area contributed by atoms with Crippen LogP contribution in [0.5, 0.6) is 0 Å². The van der Waals surface area contributed by atoms with E-state index in [1.165, 1.54) is 6.07 Å². The van der Waals surface area contributed by atoms with Crippen molar-refractivity contribution < 1.29 is 4.39 Å². The second-order valence-electron chi connectivity index (χ2n) is 3.80. The Kier molecular flexibility index (Phi) is 4.34. The lowest BCUT2D eigenvalue weighted by molar-refractivity contribution is 0.586. The van der Waals surface area contributed by atoms with E-state index < -0.39 is 0 Å². The molecule has 2 rings (SSSR count). The molecule has 0 fully saturated rings. The molecule has 1 heterocycles. The van der Waals surface area contributed by atoms with Gasteiger partial charge in [0.05, 0.1) is 6.54 Å². The van der Waals surface area contributed by atoms with Crippen molar-refractivity contribution in [3.63, 3.8) is 0 Å². The third-order valence-corrected chi connectivity index (χ3v) is 3.15. The van der Waals surface area contributed by atoms with Crippen LogP contribution in [0.2, 0.25) is 5.02 Å². The first-order valence-corrected chi connectivity index (χ1v) is 6.34. The molecule has 2 N–H and O–H groups in total. The summed E-state index contributed by atoms with van der Waals surface area (Å²) < 4.78 is 15.2. The van der Waals surface area contributed by atoms with E-state index in [2.05, 4.69) is 15.7 Å². The largest absolute Gasteiger partial charge is 0.365 e. The van der Waals surface area contributed by atoms with Gasteiger partial charge in [0.1, 0.15) is 5.82 Å². The number of benzene rings is 1. The highest BCUT2D eigenvalue weighted by Crippen LogP contribution is 2.20. The van der Waals surface area contributed by atoms with Gasteiger partial charge in [0.2, 0.25) is 0 Å². The van der Waals surface area contributed by atoms with Crippen molar-refractivity contribution in [2.24, 2.45) is 0 Å². The number of hydrogen-bond donors (Lipinski definition) is 2. The van der Waals surface area contributed by atoms with Gasteiger partial charge in [-0.15, -0.1) is 0 Å². The minimum atomic E-state index is -0.344. The van der Waals surface area contributed by atoms with Gasteiger partial charge in [0, 0.05) is 29.9 Å². The number of rotatable bonds is 3. The van der Waals surface area contributed by atoms with Crippen LogP contribution in [-0.4, -0.2) is 21.9 Å². The molecule has 0 saturated carbocycles. The zero-order valence-electron chi connectivity index (χ0n) is 10.2. The van der Waals surface area contributed by atoms with E-state index in [-0.39, 0.29) is 12.4 Å². The van der Waals surface area contributed by atoms with Crippen molar-refractivity contribution in [2.75, 3.05) is 12.4 Å². The van der Waals surface area contributed by atoms with Crippen LogP contribution in [-0.2, 0) is 6.54 Å². The van der Waals surface area contributed by atoms with Crippen LogP contribution in [0.4, 0.5) is 10.2 Å². The molecule has 1 aromatic heterocycles. The van der Waals surface area contributed by atoms with Gasteiger partial charge in [-0.3, -0.25) is 4.68 Å². The second-order valence-corrected chi connectivity index (χ2v) is 4.62. The van der Waals surface area contributed by atoms with Crippen LogP contribution in [0, 0.1) is 5.82 Å². The average molecular weight is 299 g/mol. The molecule has 0 amide bonds. The van der Waals surface area contributed by atoms with E-state index in [1.807, 2.05) is 0 Å². The minimum absolute atomic E-state index is 0.263. The van der Waals surface area contributed by atoms with Gasteiger partial charge in [-0.25, -0.2) is 4.39 Å². The molecule has 4 nitrogen and oxygen atoms in total. The molecule has 0 unspecified atom stereocenters. The molecule has 100 valence electrons. The Labute approximate surface area is 120 Å². The zero-order valence-corrected chi connectivity index (χ0v) is 11.7. The van der Waals surface area contributed by atoms with Crippen molar-refractivity contribution in [3.05, 3.63) is 46.9 Å². The first kappa shape index (κ1) is 13.8. The quantitative estimate of drug-likeness (QED) is 0.855. The molecule has 2 aromatic rings. The van der Waals surface area contributed by atoms with Gasteiger partial charge in [-0.2, -0.15) is 5.10 Å². The van der Waals surface area contributed by atoms with Crippen LogP contribution < -0.4 is 10.6 Å². The molecule has 0 bridgehead atoms. The highest BCUT2D eigenvalue weighted by Gasteiger charge is 2.08. The Hall–Kier alpha value is -1.66. The van der Waals surface area contributed by atoms with Crippen LogP contribution in [0.25, 0.3) is 0 Å². The topological polar surface area (TPSA) is 41.9 Å². The number of hydrogen-bond acceptors (Lipinski definition) is 2. The van der Waals surface area contributed by atoms with E-state index in [0.29, 0.717) is 21.5 Å². The number of halogens is 2. The van der Waals surface area contributed by atoms with E-state index in [0.717, 1.165) is 0 Å². The molecule has 0 spiro atoms. The van der Waals surface area contributed by atoms with E-state index in [1.54, 1.807) is 36.1 Å². The van der Waals surface area contributed by atoms with Crippen LogP contribution >= 0.6 is 23.8 Å². The third kappa shape index (κ3) is 3.42. The van der Waals surface area contributed by atoms with Gasteiger partial charge in [0.25, 0.3) is 0 Å². The number of nitrogens with zero attached hydrogens (tertiary/aromatic N) is 2. The first-order chi connectivity index (χ1) is 9.10. The lowest BCUT2D eigenvalue weighted by atomic mass is 10.2. The first-order valence-electron chi connectivity index (χ1n) is 5.55. The summed E-state index contributed by atoms with van der Waals surface area (Å²) >= 11 is 10.9. The zero-order chi connectivity index (χ0) is 13.8. The molecule has 0 saturated heterocycles. The van der Waals surface area contributed by atoms with Gasteiger partial charge >= 0.3 is 0 Å². The maximum absolute atomic E-state index is 13.6. The summed E-state index contributed by atoms with van der Waals surface area (Å²) in [7, 11) is 1.71. The lowest BCUT2D eigenvalue weighted by Gasteiger charge is -2.06. The summed E-state index contributed by atoms with van der Waals surface area (Å²) in [6.45, 7) is 0.263. The van der Waals surface area contributed by atoms with E-state index in [4.69, 9.17) is 23.8 Å². The van der Waals surface area contributed by atoms with Crippen molar-refractivity contribution >= 4 is 34.7 Å². The SMILES string of the molecule is CNC(=S)Nc1ccn(Cc2c(F)cccc2Cl)n1. The standard InChI is InChI=1S/C12H12ClFN4S/c1-15-12(19)16-11-5-6-18(17-11)7-8-9(13)3-2-4-10(8)14/h2-6H,7H2,1H3,(H2,15,16,17,19). The number of thiocarbonyl (C=S) groups is 1. The van der Waals surface area contributed by atoms with Crippen LogP contribution in [0.3, 0.4) is 0 Å². The molecule has 0 aliphatic rings. The van der Waals surface area contributed by atoms with Gasteiger partial charge in [-0.05, 0) is 24.4 Å². The highest BCUT2D eigenvalue weighted by molar-refractivity contribution is 7.80. The number of aromatic nitrogens is 2. The lowest BCUT2D eigenvalue weighted by Crippen LogP contribution is -2.24. The Bertz CT molecular complexity index is 579. The number of anilines is 1.